The van der Waals surface area contributed by atoms with E-state index in [0.717, 1.165) is 11.1 Å². The Morgan fingerprint density at radius 1 is 1.07 bits per heavy atom. The van der Waals surface area contributed by atoms with E-state index in [-0.39, 0.29) is 18.3 Å². The van der Waals surface area contributed by atoms with Gasteiger partial charge in [-0.1, -0.05) is 41.4 Å². The van der Waals surface area contributed by atoms with Crippen molar-refractivity contribution in [1.82, 2.24) is 5.43 Å². The van der Waals surface area contributed by atoms with Crippen LogP contribution in [-0.4, -0.2) is 12.1 Å². The number of halogens is 3. The molecule has 0 heterocycles. The number of nitrogens with one attached hydrogen (secondary N) is 1. The van der Waals surface area contributed by atoms with Gasteiger partial charge in [0, 0.05) is 10.6 Å². The van der Waals surface area contributed by atoms with E-state index in [9.17, 15) is 9.18 Å². The molecule has 0 aliphatic rings. The Kier molecular flexibility index (Phi) is 6.86. The van der Waals surface area contributed by atoms with Gasteiger partial charge in [0.15, 0.2) is 0 Å². The Morgan fingerprint density at radius 2 is 1.83 bits per heavy atom. The van der Waals surface area contributed by atoms with Crippen molar-refractivity contribution in [1.29, 1.82) is 0 Å². The van der Waals surface area contributed by atoms with Crippen molar-refractivity contribution >= 4 is 35.3 Å². The highest BCUT2D eigenvalue weighted by atomic mass is 35.5. The number of nitrogens with zero attached hydrogens (tertiary/aromatic N) is 1. The third-order valence-corrected chi connectivity index (χ3v) is 4.78. The monoisotopic (exact) mass is 430 g/mol. The second-order valence-corrected chi connectivity index (χ2v) is 7.08. The first-order chi connectivity index (χ1) is 13.9. The number of amides is 1. The van der Waals surface area contributed by atoms with Crippen molar-refractivity contribution in [3.05, 3.63) is 98.8 Å². The van der Waals surface area contributed by atoms with Crippen LogP contribution in [0.5, 0.6) is 5.75 Å². The van der Waals surface area contributed by atoms with Gasteiger partial charge in [-0.05, 0) is 66.1 Å². The largest absolute Gasteiger partial charge is 0.487 e. The molecule has 0 atom stereocenters. The van der Waals surface area contributed by atoms with Gasteiger partial charge in [0.1, 0.15) is 18.2 Å². The lowest BCUT2D eigenvalue weighted by molar-refractivity contribution is 0.0955. The first-order valence-electron chi connectivity index (χ1n) is 8.69. The quantitative estimate of drug-likeness (QED) is 0.397. The van der Waals surface area contributed by atoms with E-state index in [4.69, 9.17) is 27.9 Å². The van der Waals surface area contributed by atoms with E-state index in [2.05, 4.69) is 10.5 Å². The summed E-state index contributed by atoms with van der Waals surface area (Å²) in [5.74, 6) is -0.173. The van der Waals surface area contributed by atoms with E-state index in [1.165, 1.54) is 18.3 Å². The lowest BCUT2D eigenvalue weighted by Crippen LogP contribution is -2.17. The summed E-state index contributed by atoms with van der Waals surface area (Å²) >= 11 is 12.3. The molecule has 1 N–H and O–H groups in total. The van der Waals surface area contributed by atoms with Crippen molar-refractivity contribution in [3.63, 3.8) is 0 Å². The lowest BCUT2D eigenvalue weighted by Gasteiger charge is -2.08. The van der Waals surface area contributed by atoms with Crippen LogP contribution in [0, 0.1) is 12.7 Å². The van der Waals surface area contributed by atoms with Gasteiger partial charge in [-0.2, -0.15) is 5.10 Å². The number of rotatable bonds is 6. The number of benzene rings is 3. The lowest BCUT2D eigenvalue weighted by atomic mass is 10.1. The highest BCUT2D eigenvalue weighted by molar-refractivity contribution is 6.32. The molecule has 0 aliphatic heterocycles. The maximum atomic E-state index is 12.9. The fourth-order valence-corrected chi connectivity index (χ4v) is 2.84. The van der Waals surface area contributed by atoms with Gasteiger partial charge in [0.25, 0.3) is 5.91 Å². The molecule has 3 aromatic carbocycles. The van der Waals surface area contributed by atoms with Crippen LogP contribution >= 0.6 is 23.2 Å². The smallest absolute Gasteiger partial charge is 0.271 e. The van der Waals surface area contributed by atoms with E-state index in [0.29, 0.717) is 26.9 Å². The third kappa shape index (κ3) is 5.79. The summed E-state index contributed by atoms with van der Waals surface area (Å²) in [5.41, 5.74) is 5.27. The van der Waals surface area contributed by atoms with Gasteiger partial charge >= 0.3 is 0 Å². The average molecular weight is 431 g/mol. The second kappa shape index (κ2) is 9.54. The van der Waals surface area contributed by atoms with Gasteiger partial charge < -0.3 is 4.74 Å². The molecule has 7 heteroatoms. The molecule has 0 bridgehead atoms. The molecule has 0 aromatic heterocycles. The molecular formula is C22H17Cl2FN2O2. The predicted molar refractivity (Wildman–Crippen MR) is 113 cm³/mol. The predicted octanol–water partition coefficient (Wildman–Crippen LogP) is 5.78. The zero-order valence-corrected chi connectivity index (χ0v) is 17.0. The van der Waals surface area contributed by atoms with Crippen LogP contribution in [0.15, 0.2) is 65.8 Å². The summed E-state index contributed by atoms with van der Waals surface area (Å²) in [6.07, 6.45) is 1.48. The summed E-state index contributed by atoms with van der Waals surface area (Å²) < 4.78 is 18.6. The molecule has 3 rings (SSSR count). The van der Waals surface area contributed by atoms with Crippen LogP contribution in [0.1, 0.15) is 27.0 Å². The average Bonchev–Trinajstić information content (AvgIpc) is 2.70. The molecule has 3 aromatic rings. The minimum atomic E-state index is -0.367. The SMILES string of the molecule is Cc1ccc(C(=O)N/N=C\c2ccc(OCc3ccc(F)cc3)c(Cl)c2)cc1Cl. The summed E-state index contributed by atoms with van der Waals surface area (Å²) in [6.45, 7) is 2.13. The fraction of sp³-hybridized carbons (Fsp3) is 0.0909. The molecule has 148 valence electrons. The number of ether oxygens (including phenoxy) is 1. The minimum Gasteiger partial charge on any atom is -0.487 e. The molecule has 0 saturated heterocycles. The van der Waals surface area contributed by atoms with Crippen molar-refractivity contribution in [2.75, 3.05) is 0 Å². The van der Waals surface area contributed by atoms with Crippen LogP contribution in [0.25, 0.3) is 0 Å². The third-order valence-electron chi connectivity index (χ3n) is 4.08. The minimum absolute atomic E-state index is 0.266. The van der Waals surface area contributed by atoms with Crippen LogP contribution < -0.4 is 10.2 Å². The molecule has 4 nitrogen and oxygen atoms in total. The number of hydrogen-bond acceptors (Lipinski definition) is 3. The van der Waals surface area contributed by atoms with Crippen molar-refractivity contribution in [2.24, 2.45) is 5.10 Å². The summed E-state index contributed by atoms with van der Waals surface area (Å²) in [5, 5.41) is 4.85. The molecular weight excluding hydrogens is 414 g/mol. The van der Waals surface area contributed by atoms with Gasteiger partial charge in [0.05, 0.1) is 11.2 Å². The van der Waals surface area contributed by atoms with E-state index >= 15 is 0 Å². The molecule has 1 amide bonds. The van der Waals surface area contributed by atoms with Crippen molar-refractivity contribution in [3.8, 4) is 5.75 Å². The number of carbonyl (C=O) groups is 1. The number of hydrazone groups is 1. The van der Waals surface area contributed by atoms with E-state index in [1.807, 2.05) is 6.92 Å². The second-order valence-electron chi connectivity index (χ2n) is 6.27. The maximum Gasteiger partial charge on any atom is 0.271 e. The molecule has 0 fully saturated rings. The Hall–Kier alpha value is -2.89. The zero-order valence-electron chi connectivity index (χ0n) is 15.5. The molecule has 29 heavy (non-hydrogen) atoms. The Labute approximate surface area is 177 Å². The maximum absolute atomic E-state index is 12.9. The van der Waals surface area contributed by atoms with Crippen LogP contribution in [-0.2, 0) is 6.61 Å². The van der Waals surface area contributed by atoms with Crippen LogP contribution in [0.3, 0.4) is 0 Å². The Balaban J connectivity index is 1.58. The number of aryl methyl sites for hydroxylation is 1. The van der Waals surface area contributed by atoms with Crippen molar-refractivity contribution in [2.45, 2.75) is 13.5 Å². The summed E-state index contributed by atoms with van der Waals surface area (Å²) in [4.78, 5) is 12.1. The highest BCUT2D eigenvalue weighted by Gasteiger charge is 2.07. The number of carbonyl (C=O) groups excluding carboxylic acids is 1. The normalized spacial score (nSPS) is 10.9. The molecule has 0 saturated carbocycles. The number of hydrogen-bond donors (Lipinski definition) is 1. The molecule has 0 unspecified atom stereocenters. The molecule has 0 spiro atoms. The van der Waals surface area contributed by atoms with Crippen molar-refractivity contribution < 1.29 is 13.9 Å². The van der Waals surface area contributed by atoms with Gasteiger partial charge in [-0.3, -0.25) is 4.79 Å². The Bertz CT molecular complexity index is 1050. The summed E-state index contributed by atoms with van der Waals surface area (Å²) in [7, 11) is 0. The van der Waals surface area contributed by atoms with Gasteiger partial charge in [-0.25, -0.2) is 9.82 Å². The molecule has 0 radical (unpaired) electrons. The van der Waals surface area contributed by atoms with Gasteiger partial charge in [-0.15, -0.1) is 0 Å². The van der Waals surface area contributed by atoms with Gasteiger partial charge in [0.2, 0.25) is 0 Å². The zero-order chi connectivity index (χ0) is 20.8. The topological polar surface area (TPSA) is 50.7 Å². The van der Waals surface area contributed by atoms with E-state index in [1.54, 1.807) is 48.5 Å². The first kappa shape index (κ1) is 20.8. The Morgan fingerprint density at radius 3 is 2.52 bits per heavy atom. The van der Waals surface area contributed by atoms with E-state index < -0.39 is 0 Å². The van der Waals surface area contributed by atoms with Crippen LogP contribution in [0.2, 0.25) is 10.0 Å². The highest BCUT2D eigenvalue weighted by Crippen LogP contribution is 2.26. The first-order valence-corrected chi connectivity index (χ1v) is 9.44. The standard InChI is InChI=1S/C22H17Cl2FN2O2/c1-14-2-6-17(11-19(14)23)22(28)27-26-12-16-5-9-21(20(24)10-16)29-13-15-3-7-18(25)8-4-15/h2-12H,13H2,1H3,(H,27,28)/b26-12-. The fourth-order valence-electron chi connectivity index (χ4n) is 2.42. The van der Waals surface area contributed by atoms with Crippen LogP contribution in [0.4, 0.5) is 4.39 Å². The summed E-state index contributed by atoms with van der Waals surface area (Å²) in [6, 6.07) is 16.2. The molecule has 0 aliphatic carbocycles.